The van der Waals surface area contributed by atoms with Crippen molar-refractivity contribution in [2.24, 2.45) is 4.99 Å². The van der Waals surface area contributed by atoms with Gasteiger partial charge in [-0.25, -0.2) is 0 Å². The number of aliphatic imine (C=N–C) groups is 1. The van der Waals surface area contributed by atoms with Crippen LogP contribution in [0.2, 0.25) is 5.02 Å². The SMILES string of the molecule is CN1CCN=C1NCC(C)(C)c1ccc(Cl)cc1. The van der Waals surface area contributed by atoms with E-state index < -0.39 is 0 Å². The van der Waals surface area contributed by atoms with Gasteiger partial charge in [0.15, 0.2) is 5.96 Å². The third-order valence-corrected chi connectivity index (χ3v) is 3.62. The highest BCUT2D eigenvalue weighted by Gasteiger charge is 2.22. The molecule has 0 saturated heterocycles. The molecule has 0 amide bonds. The van der Waals surface area contributed by atoms with Crippen molar-refractivity contribution in [2.45, 2.75) is 19.3 Å². The Morgan fingerprint density at radius 2 is 2.00 bits per heavy atom. The number of benzene rings is 1. The van der Waals surface area contributed by atoms with Gasteiger partial charge < -0.3 is 10.2 Å². The molecule has 98 valence electrons. The molecule has 0 saturated carbocycles. The lowest BCUT2D eigenvalue weighted by Crippen LogP contribution is -2.42. The molecule has 1 aromatic carbocycles. The first-order valence-corrected chi connectivity index (χ1v) is 6.62. The summed E-state index contributed by atoms with van der Waals surface area (Å²) < 4.78 is 0. The van der Waals surface area contributed by atoms with Gasteiger partial charge in [-0.3, -0.25) is 4.99 Å². The van der Waals surface area contributed by atoms with Crippen molar-refractivity contribution in [1.82, 2.24) is 10.2 Å². The number of likely N-dealkylation sites (N-methyl/N-ethyl adjacent to an activating group) is 1. The number of rotatable bonds is 3. The molecule has 0 aromatic heterocycles. The molecular weight excluding hydrogens is 246 g/mol. The minimum absolute atomic E-state index is 0.0521. The van der Waals surface area contributed by atoms with Crippen LogP contribution in [0.4, 0.5) is 0 Å². The molecule has 0 unspecified atom stereocenters. The maximum atomic E-state index is 5.92. The van der Waals surface area contributed by atoms with Gasteiger partial charge in [0.1, 0.15) is 0 Å². The summed E-state index contributed by atoms with van der Waals surface area (Å²) in [4.78, 5) is 6.59. The van der Waals surface area contributed by atoms with E-state index in [-0.39, 0.29) is 5.41 Å². The number of hydrogen-bond acceptors (Lipinski definition) is 3. The van der Waals surface area contributed by atoms with Crippen LogP contribution in [-0.4, -0.2) is 37.5 Å². The minimum atomic E-state index is 0.0521. The Hall–Kier alpha value is -1.22. The van der Waals surface area contributed by atoms with Crippen LogP contribution in [0.1, 0.15) is 19.4 Å². The first-order valence-electron chi connectivity index (χ1n) is 6.24. The van der Waals surface area contributed by atoms with E-state index >= 15 is 0 Å². The van der Waals surface area contributed by atoms with Gasteiger partial charge in [-0.05, 0) is 17.7 Å². The van der Waals surface area contributed by atoms with Gasteiger partial charge in [0.05, 0.1) is 6.54 Å². The van der Waals surface area contributed by atoms with Gasteiger partial charge in [-0.15, -0.1) is 0 Å². The summed E-state index contributed by atoms with van der Waals surface area (Å²) in [6.45, 7) is 7.19. The molecule has 1 N–H and O–H groups in total. The van der Waals surface area contributed by atoms with Crippen molar-refractivity contribution < 1.29 is 0 Å². The summed E-state index contributed by atoms with van der Waals surface area (Å²) in [6, 6.07) is 8.06. The van der Waals surface area contributed by atoms with E-state index in [0.29, 0.717) is 0 Å². The van der Waals surface area contributed by atoms with Gasteiger partial charge in [-0.2, -0.15) is 0 Å². The molecule has 1 aromatic rings. The second kappa shape index (κ2) is 5.19. The Morgan fingerprint density at radius 3 is 2.56 bits per heavy atom. The molecule has 1 heterocycles. The quantitative estimate of drug-likeness (QED) is 0.909. The fourth-order valence-corrected chi connectivity index (χ4v) is 2.15. The lowest BCUT2D eigenvalue weighted by Gasteiger charge is -2.27. The van der Waals surface area contributed by atoms with Crippen LogP contribution in [0.3, 0.4) is 0 Å². The van der Waals surface area contributed by atoms with Crippen molar-refractivity contribution in [3.05, 3.63) is 34.9 Å². The number of nitrogens with zero attached hydrogens (tertiary/aromatic N) is 2. The number of halogens is 1. The Bertz CT molecular complexity index is 437. The van der Waals surface area contributed by atoms with Crippen LogP contribution >= 0.6 is 11.6 Å². The zero-order valence-electron chi connectivity index (χ0n) is 11.2. The first-order chi connectivity index (χ1) is 8.49. The molecule has 4 heteroatoms. The summed E-state index contributed by atoms with van der Waals surface area (Å²) in [6.07, 6.45) is 0. The monoisotopic (exact) mass is 265 g/mol. The normalized spacial score (nSPS) is 15.8. The second-order valence-electron chi connectivity index (χ2n) is 5.37. The van der Waals surface area contributed by atoms with E-state index in [0.717, 1.165) is 30.6 Å². The highest BCUT2D eigenvalue weighted by molar-refractivity contribution is 6.30. The second-order valence-corrected chi connectivity index (χ2v) is 5.81. The van der Waals surface area contributed by atoms with Crippen molar-refractivity contribution in [1.29, 1.82) is 0 Å². The van der Waals surface area contributed by atoms with Gasteiger partial charge in [0, 0.05) is 30.6 Å². The van der Waals surface area contributed by atoms with Gasteiger partial charge in [0.2, 0.25) is 0 Å². The molecule has 3 nitrogen and oxygen atoms in total. The highest BCUT2D eigenvalue weighted by atomic mass is 35.5. The lowest BCUT2D eigenvalue weighted by molar-refractivity contribution is 0.481. The maximum absolute atomic E-state index is 5.92. The smallest absolute Gasteiger partial charge is 0.193 e. The van der Waals surface area contributed by atoms with Crippen LogP contribution < -0.4 is 5.32 Å². The third-order valence-electron chi connectivity index (χ3n) is 3.37. The zero-order valence-corrected chi connectivity index (χ0v) is 12.0. The topological polar surface area (TPSA) is 27.6 Å². The molecule has 1 aliphatic rings. The molecule has 0 spiro atoms. The fourth-order valence-electron chi connectivity index (χ4n) is 2.03. The van der Waals surface area contributed by atoms with Gasteiger partial charge in [-0.1, -0.05) is 37.6 Å². The molecule has 1 aliphatic heterocycles. The molecule has 0 atom stereocenters. The molecule has 0 bridgehead atoms. The molecule has 2 rings (SSSR count). The Labute approximate surface area is 114 Å². The highest BCUT2D eigenvalue weighted by Crippen LogP contribution is 2.23. The van der Waals surface area contributed by atoms with E-state index in [1.54, 1.807) is 0 Å². The van der Waals surface area contributed by atoms with Crippen molar-refractivity contribution in [2.75, 3.05) is 26.7 Å². The van der Waals surface area contributed by atoms with Crippen molar-refractivity contribution in [3.8, 4) is 0 Å². The average molecular weight is 266 g/mol. The molecular formula is C14H20ClN3. The Balaban J connectivity index is 2.00. The molecule has 18 heavy (non-hydrogen) atoms. The maximum Gasteiger partial charge on any atom is 0.193 e. The number of nitrogens with one attached hydrogen (secondary N) is 1. The van der Waals surface area contributed by atoms with Crippen molar-refractivity contribution in [3.63, 3.8) is 0 Å². The third kappa shape index (κ3) is 2.96. The Morgan fingerprint density at radius 1 is 1.33 bits per heavy atom. The summed E-state index contributed by atoms with van der Waals surface area (Å²) in [7, 11) is 2.06. The lowest BCUT2D eigenvalue weighted by atomic mass is 9.85. The van der Waals surface area contributed by atoms with E-state index in [1.807, 2.05) is 12.1 Å². The average Bonchev–Trinajstić information content (AvgIpc) is 2.73. The van der Waals surface area contributed by atoms with Gasteiger partial charge in [0.25, 0.3) is 0 Å². The standard InChI is InChI=1S/C14H20ClN3/c1-14(2,11-4-6-12(15)7-5-11)10-17-13-16-8-9-18(13)3/h4-7H,8-10H2,1-3H3,(H,16,17). The minimum Gasteiger partial charge on any atom is -0.355 e. The zero-order chi connectivity index (χ0) is 13.2. The van der Waals surface area contributed by atoms with Crippen LogP contribution in [0.5, 0.6) is 0 Å². The van der Waals surface area contributed by atoms with E-state index in [1.165, 1.54) is 5.56 Å². The Kier molecular flexibility index (Phi) is 3.81. The number of guanidine groups is 1. The molecule has 0 radical (unpaired) electrons. The molecule has 0 fully saturated rings. The van der Waals surface area contributed by atoms with E-state index in [9.17, 15) is 0 Å². The first kappa shape index (κ1) is 13.2. The van der Waals surface area contributed by atoms with Crippen LogP contribution in [-0.2, 0) is 5.41 Å². The van der Waals surface area contributed by atoms with Crippen LogP contribution in [0.15, 0.2) is 29.3 Å². The van der Waals surface area contributed by atoms with Crippen LogP contribution in [0, 0.1) is 0 Å². The summed E-state index contributed by atoms with van der Waals surface area (Å²) in [5, 5.41) is 4.21. The van der Waals surface area contributed by atoms with Crippen molar-refractivity contribution >= 4 is 17.6 Å². The van der Waals surface area contributed by atoms with E-state index in [2.05, 4.69) is 48.2 Å². The van der Waals surface area contributed by atoms with Gasteiger partial charge >= 0.3 is 0 Å². The molecule has 0 aliphatic carbocycles. The fraction of sp³-hybridized carbons (Fsp3) is 0.500. The predicted molar refractivity (Wildman–Crippen MR) is 77.4 cm³/mol. The van der Waals surface area contributed by atoms with Crippen LogP contribution in [0.25, 0.3) is 0 Å². The largest absolute Gasteiger partial charge is 0.355 e. The predicted octanol–water partition coefficient (Wildman–Crippen LogP) is 2.51. The number of hydrogen-bond donors (Lipinski definition) is 1. The summed E-state index contributed by atoms with van der Waals surface area (Å²) in [5.41, 5.74) is 1.33. The summed E-state index contributed by atoms with van der Waals surface area (Å²) >= 11 is 5.92. The summed E-state index contributed by atoms with van der Waals surface area (Å²) in [5.74, 6) is 0.997. The van der Waals surface area contributed by atoms with E-state index in [4.69, 9.17) is 11.6 Å².